The van der Waals surface area contributed by atoms with E-state index in [1.165, 1.54) is 0 Å². The molecule has 1 atom stereocenters. The lowest BCUT2D eigenvalue weighted by atomic mass is 9.73. The number of anilines is 2. The Hall–Kier alpha value is -3.98. The molecule has 0 saturated carbocycles. The van der Waals surface area contributed by atoms with E-state index in [1.54, 1.807) is 18.1 Å². The molecule has 1 unspecified atom stereocenters. The van der Waals surface area contributed by atoms with Crippen LogP contribution in [-0.2, 0) is 9.53 Å². The van der Waals surface area contributed by atoms with E-state index in [-0.39, 0.29) is 18.3 Å². The number of hydrogen-bond acceptors (Lipinski definition) is 7. The topological polar surface area (TPSA) is 96.9 Å². The van der Waals surface area contributed by atoms with Crippen LogP contribution >= 0.6 is 0 Å². The van der Waals surface area contributed by atoms with Gasteiger partial charge in [0.2, 0.25) is 5.82 Å². The minimum absolute atomic E-state index is 0.00813. The summed E-state index contributed by atoms with van der Waals surface area (Å²) in [6.45, 7) is 5.57. The van der Waals surface area contributed by atoms with Gasteiger partial charge in [0, 0.05) is 56.2 Å². The summed E-state index contributed by atoms with van der Waals surface area (Å²) < 4.78 is 11.5. The number of aromatic nitrogens is 2. The number of nitrogens with one attached hydrogen (secondary N) is 1. The van der Waals surface area contributed by atoms with E-state index in [2.05, 4.69) is 20.2 Å². The zero-order valence-electron chi connectivity index (χ0n) is 21.6. The number of carbonyl (C=O) groups is 2. The molecule has 0 radical (unpaired) electrons. The van der Waals surface area contributed by atoms with E-state index in [4.69, 9.17) is 9.47 Å². The Kier molecular flexibility index (Phi) is 6.23. The molecule has 1 aromatic heterocycles. The monoisotopic (exact) mass is 513 g/mol. The number of rotatable bonds is 4. The first-order chi connectivity index (χ1) is 18.4. The molecule has 196 valence electrons. The molecule has 38 heavy (non-hydrogen) atoms. The van der Waals surface area contributed by atoms with Gasteiger partial charge < -0.3 is 24.6 Å². The van der Waals surface area contributed by atoms with Crippen molar-refractivity contribution in [2.75, 3.05) is 49.8 Å². The van der Waals surface area contributed by atoms with Gasteiger partial charge >= 0.3 is 0 Å². The SMILES string of the molecule is Cc1cnc(C(=O)NC2COc3ccc(N4CC5(CCOCC5)C4)cc3N(C)C2=O)nc1-c1ccccc1. The van der Waals surface area contributed by atoms with Crippen LogP contribution in [0.25, 0.3) is 11.3 Å². The van der Waals surface area contributed by atoms with Crippen molar-refractivity contribution in [2.45, 2.75) is 25.8 Å². The smallest absolute Gasteiger partial charge is 0.289 e. The third-order valence-corrected chi connectivity index (χ3v) is 7.84. The van der Waals surface area contributed by atoms with Crippen molar-refractivity contribution in [2.24, 2.45) is 5.41 Å². The number of benzene rings is 2. The average Bonchev–Trinajstić information content (AvgIpc) is 3.04. The first kappa shape index (κ1) is 24.4. The van der Waals surface area contributed by atoms with Crippen LogP contribution in [-0.4, -0.2) is 67.8 Å². The first-order valence-corrected chi connectivity index (χ1v) is 13.0. The number of fused-ring (bicyclic) bond motifs is 1. The van der Waals surface area contributed by atoms with Crippen molar-refractivity contribution in [1.29, 1.82) is 0 Å². The van der Waals surface area contributed by atoms with E-state index in [0.29, 0.717) is 22.5 Å². The fourth-order valence-electron chi connectivity index (χ4n) is 5.52. The molecule has 3 aliphatic heterocycles. The van der Waals surface area contributed by atoms with Crippen LogP contribution in [0.1, 0.15) is 29.0 Å². The molecule has 0 bridgehead atoms. The Morgan fingerprint density at radius 2 is 1.87 bits per heavy atom. The molecular weight excluding hydrogens is 482 g/mol. The molecule has 1 spiro atoms. The number of carbonyl (C=O) groups excluding carboxylic acids is 2. The fraction of sp³-hybridized carbons (Fsp3) is 0.379. The molecule has 9 heteroatoms. The molecule has 0 aliphatic carbocycles. The zero-order valence-corrected chi connectivity index (χ0v) is 21.6. The van der Waals surface area contributed by atoms with Gasteiger partial charge in [0.25, 0.3) is 11.8 Å². The van der Waals surface area contributed by atoms with Crippen molar-refractivity contribution in [3.63, 3.8) is 0 Å². The quantitative estimate of drug-likeness (QED) is 0.572. The first-order valence-electron chi connectivity index (χ1n) is 13.0. The van der Waals surface area contributed by atoms with Gasteiger partial charge in [-0.3, -0.25) is 9.59 Å². The lowest BCUT2D eigenvalue weighted by molar-refractivity contribution is -0.120. The second-order valence-corrected chi connectivity index (χ2v) is 10.4. The van der Waals surface area contributed by atoms with Gasteiger partial charge in [-0.25, -0.2) is 9.97 Å². The Balaban J connectivity index is 1.16. The Labute approximate surface area is 221 Å². The van der Waals surface area contributed by atoms with Gasteiger partial charge in [0.15, 0.2) is 0 Å². The standard InChI is InChI=1S/C29H31N5O4/c1-19-15-30-26(32-25(19)20-6-4-3-5-7-20)27(35)31-22-16-38-24-9-8-21(14-23(24)33(2)28(22)36)34-17-29(18-34)10-12-37-13-11-29/h3-9,14-15,22H,10-13,16-18H2,1-2H3,(H,31,35). The highest BCUT2D eigenvalue weighted by molar-refractivity contribution is 6.02. The minimum Gasteiger partial charge on any atom is -0.489 e. The summed E-state index contributed by atoms with van der Waals surface area (Å²) >= 11 is 0. The maximum atomic E-state index is 13.4. The lowest BCUT2D eigenvalue weighted by Crippen LogP contribution is -2.58. The highest BCUT2D eigenvalue weighted by Gasteiger charge is 2.44. The van der Waals surface area contributed by atoms with E-state index in [9.17, 15) is 9.59 Å². The number of likely N-dealkylation sites (N-methyl/N-ethyl adjacent to an activating group) is 1. The highest BCUT2D eigenvalue weighted by atomic mass is 16.5. The maximum absolute atomic E-state index is 13.4. The Morgan fingerprint density at radius 3 is 2.63 bits per heavy atom. The summed E-state index contributed by atoms with van der Waals surface area (Å²) in [5.74, 6) is -0.157. The second-order valence-electron chi connectivity index (χ2n) is 10.4. The number of amides is 2. The summed E-state index contributed by atoms with van der Waals surface area (Å²) in [5, 5.41) is 2.78. The van der Waals surface area contributed by atoms with Gasteiger partial charge in [-0.2, -0.15) is 0 Å². The molecule has 6 rings (SSSR count). The maximum Gasteiger partial charge on any atom is 0.289 e. The molecule has 2 amide bonds. The van der Waals surface area contributed by atoms with Gasteiger partial charge in [0.05, 0.1) is 11.4 Å². The van der Waals surface area contributed by atoms with E-state index < -0.39 is 11.9 Å². The highest BCUT2D eigenvalue weighted by Crippen LogP contribution is 2.44. The molecule has 3 aromatic rings. The molecule has 4 heterocycles. The molecule has 2 aromatic carbocycles. The summed E-state index contributed by atoms with van der Waals surface area (Å²) in [6.07, 6.45) is 3.81. The zero-order chi connectivity index (χ0) is 26.3. The van der Waals surface area contributed by atoms with E-state index >= 15 is 0 Å². The van der Waals surface area contributed by atoms with Crippen molar-refractivity contribution in [1.82, 2.24) is 15.3 Å². The van der Waals surface area contributed by atoms with Crippen molar-refractivity contribution in [3.8, 4) is 17.0 Å². The second kappa shape index (κ2) is 9.72. The van der Waals surface area contributed by atoms with Crippen LogP contribution in [0.3, 0.4) is 0 Å². The predicted octanol–water partition coefficient (Wildman–Crippen LogP) is 3.22. The molecular formula is C29H31N5O4. The van der Waals surface area contributed by atoms with Crippen molar-refractivity contribution < 1.29 is 19.1 Å². The number of aryl methyl sites for hydroxylation is 1. The van der Waals surface area contributed by atoms with Gasteiger partial charge in [-0.1, -0.05) is 30.3 Å². The normalized spacial score (nSPS) is 20.3. The Bertz CT molecular complexity index is 1360. The van der Waals surface area contributed by atoms with Crippen LogP contribution in [0.4, 0.5) is 11.4 Å². The van der Waals surface area contributed by atoms with E-state index in [1.807, 2.05) is 55.5 Å². The summed E-state index contributed by atoms with van der Waals surface area (Å²) in [5.41, 5.74) is 4.53. The molecule has 2 fully saturated rings. The fourth-order valence-corrected chi connectivity index (χ4v) is 5.52. The summed E-state index contributed by atoms with van der Waals surface area (Å²) in [4.78, 5) is 39.1. The van der Waals surface area contributed by atoms with Crippen LogP contribution in [0.15, 0.2) is 54.7 Å². The Morgan fingerprint density at radius 1 is 1.11 bits per heavy atom. The van der Waals surface area contributed by atoms with Gasteiger partial charge in [0.1, 0.15) is 18.4 Å². The predicted molar refractivity (Wildman–Crippen MR) is 144 cm³/mol. The minimum atomic E-state index is -0.872. The summed E-state index contributed by atoms with van der Waals surface area (Å²) in [6, 6.07) is 14.7. The van der Waals surface area contributed by atoms with Crippen LogP contribution in [0, 0.1) is 12.3 Å². The van der Waals surface area contributed by atoms with Gasteiger partial charge in [-0.05, 0) is 43.5 Å². The molecule has 9 nitrogen and oxygen atoms in total. The van der Waals surface area contributed by atoms with Crippen LogP contribution in [0.2, 0.25) is 0 Å². The third kappa shape index (κ3) is 4.47. The van der Waals surface area contributed by atoms with Crippen LogP contribution < -0.4 is 19.9 Å². The van der Waals surface area contributed by atoms with E-state index in [0.717, 1.165) is 56.0 Å². The molecule has 2 saturated heterocycles. The average molecular weight is 514 g/mol. The number of ether oxygens (including phenoxy) is 2. The lowest BCUT2D eigenvalue weighted by Gasteiger charge is -2.53. The van der Waals surface area contributed by atoms with Gasteiger partial charge in [-0.15, -0.1) is 0 Å². The van der Waals surface area contributed by atoms with Crippen molar-refractivity contribution >= 4 is 23.2 Å². The van der Waals surface area contributed by atoms with Crippen LogP contribution in [0.5, 0.6) is 5.75 Å². The largest absolute Gasteiger partial charge is 0.489 e. The van der Waals surface area contributed by atoms with Crippen molar-refractivity contribution in [3.05, 3.63) is 66.1 Å². The molecule has 1 N–H and O–H groups in total. The third-order valence-electron chi connectivity index (χ3n) is 7.84. The summed E-state index contributed by atoms with van der Waals surface area (Å²) in [7, 11) is 1.71. The number of hydrogen-bond donors (Lipinski definition) is 1. The molecule has 3 aliphatic rings. The number of nitrogens with zero attached hydrogens (tertiary/aromatic N) is 4.